The summed E-state index contributed by atoms with van der Waals surface area (Å²) in [5.74, 6) is 0.133. The number of unbranched alkanes of at least 4 members (excludes halogenated alkanes) is 3. The molecule has 0 saturated carbocycles. The van der Waals surface area contributed by atoms with Crippen LogP contribution < -0.4 is 10.6 Å². The number of carbonyl (C=O) groups is 2. The van der Waals surface area contributed by atoms with E-state index in [4.69, 9.17) is 0 Å². The van der Waals surface area contributed by atoms with Crippen LogP contribution in [0.1, 0.15) is 57.9 Å². The van der Waals surface area contributed by atoms with E-state index in [-0.39, 0.29) is 17.7 Å². The van der Waals surface area contributed by atoms with Crippen LogP contribution in [0.25, 0.3) is 0 Å². The summed E-state index contributed by atoms with van der Waals surface area (Å²) in [7, 11) is 0. The first-order valence-electron chi connectivity index (χ1n) is 10.5. The normalized spacial score (nSPS) is 17.5. The van der Waals surface area contributed by atoms with Crippen molar-refractivity contribution in [1.29, 1.82) is 0 Å². The maximum absolute atomic E-state index is 12.4. The van der Waals surface area contributed by atoms with Gasteiger partial charge in [-0.3, -0.25) is 14.5 Å². The molecule has 0 aliphatic carbocycles. The summed E-state index contributed by atoms with van der Waals surface area (Å²) >= 11 is 0. The molecule has 5 heteroatoms. The van der Waals surface area contributed by atoms with E-state index in [1.165, 1.54) is 24.8 Å². The molecule has 0 spiro atoms. The number of carbonyl (C=O) groups excluding carboxylic acids is 2. The zero-order valence-corrected chi connectivity index (χ0v) is 16.9. The molecule has 0 bridgehead atoms. The van der Waals surface area contributed by atoms with Gasteiger partial charge in [0.25, 0.3) is 0 Å². The molecular weight excluding hydrogens is 338 g/mol. The van der Waals surface area contributed by atoms with Crippen LogP contribution in [0.15, 0.2) is 24.3 Å². The van der Waals surface area contributed by atoms with E-state index in [0.29, 0.717) is 13.1 Å². The Morgan fingerprint density at radius 1 is 1.11 bits per heavy atom. The summed E-state index contributed by atoms with van der Waals surface area (Å²) in [6.45, 7) is 6.96. The second kappa shape index (κ2) is 11.8. The molecular formula is C22H35N3O2. The molecule has 27 heavy (non-hydrogen) atoms. The molecule has 1 saturated heterocycles. The van der Waals surface area contributed by atoms with Gasteiger partial charge in [0.15, 0.2) is 0 Å². The minimum atomic E-state index is -0.0140. The lowest BCUT2D eigenvalue weighted by Gasteiger charge is -2.31. The minimum Gasteiger partial charge on any atom is -0.356 e. The number of hydrogen-bond donors (Lipinski definition) is 2. The van der Waals surface area contributed by atoms with Crippen molar-refractivity contribution in [2.75, 3.05) is 31.5 Å². The second-order valence-electron chi connectivity index (χ2n) is 7.52. The number of benzene rings is 1. The molecule has 1 aromatic carbocycles. The molecule has 2 rings (SSSR count). The first-order valence-corrected chi connectivity index (χ1v) is 10.5. The highest BCUT2D eigenvalue weighted by Crippen LogP contribution is 2.17. The Morgan fingerprint density at radius 2 is 1.89 bits per heavy atom. The van der Waals surface area contributed by atoms with E-state index in [1.807, 2.05) is 24.3 Å². The van der Waals surface area contributed by atoms with Crippen molar-refractivity contribution in [1.82, 2.24) is 10.2 Å². The van der Waals surface area contributed by atoms with Gasteiger partial charge in [-0.15, -0.1) is 0 Å². The fourth-order valence-electron chi connectivity index (χ4n) is 3.55. The quantitative estimate of drug-likeness (QED) is 0.616. The maximum atomic E-state index is 12.4. The lowest BCUT2D eigenvalue weighted by atomic mass is 9.97. The summed E-state index contributed by atoms with van der Waals surface area (Å²) in [5.41, 5.74) is 2.09. The van der Waals surface area contributed by atoms with Crippen molar-refractivity contribution < 1.29 is 9.59 Å². The molecule has 2 N–H and O–H groups in total. The molecule has 2 amide bonds. The van der Waals surface area contributed by atoms with E-state index in [9.17, 15) is 9.59 Å². The van der Waals surface area contributed by atoms with Gasteiger partial charge in [-0.1, -0.05) is 45.2 Å². The standard InChI is InChI=1S/C22H35N3O2/c1-3-5-6-7-14-23-22(27)19-9-8-15-25(16-19)17-21(26)24-20-12-10-18(4-2)11-13-20/h10-13,19H,3-9,14-17H2,1-2H3,(H,23,27)(H,24,26). The van der Waals surface area contributed by atoms with Gasteiger partial charge in [0.1, 0.15) is 0 Å². The van der Waals surface area contributed by atoms with Crippen molar-refractivity contribution in [3.05, 3.63) is 29.8 Å². The van der Waals surface area contributed by atoms with Crippen LogP contribution >= 0.6 is 0 Å². The fraction of sp³-hybridized carbons (Fsp3) is 0.636. The molecule has 150 valence electrons. The third kappa shape index (κ3) is 7.71. The van der Waals surface area contributed by atoms with Crippen molar-refractivity contribution in [2.45, 2.75) is 58.8 Å². The molecule has 0 aromatic heterocycles. The van der Waals surface area contributed by atoms with Crippen LogP contribution in [0.2, 0.25) is 0 Å². The number of nitrogens with zero attached hydrogens (tertiary/aromatic N) is 1. The predicted octanol–water partition coefficient (Wildman–Crippen LogP) is 3.60. The fourth-order valence-corrected chi connectivity index (χ4v) is 3.55. The molecule has 5 nitrogen and oxygen atoms in total. The second-order valence-corrected chi connectivity index (χ2v) is 7.52. The Morgan fingerprint density at radius 3 is 2.59 bits per heavy atom. The largest absolute Gasteiger partial charge is 0.356 e. The van der Waals surface area contributed by atoms with Crippen LogP contribution in [0, 0.1) is 5.92 Å². The molecule has 1 atom stereocenters. The molecule has 1 heterocycles. The monoisotopic (exact) mass is 373 g/mol. The zero-order valence-electron chi connectivity index (χ0n) is 16.9. The van der Waals surface area contributed by atoms with Gasteiger partial charge in [0, 0.05) is 18.8 Å². The molecule has 1 unspecified atom stereocenters. The number of amides is 2. The first-order chi connectivity index (χ1) is 13.1. The zero-order chi connectivity index (χ0) is 19.5. The van der Waals surface area contributed by atoms with Gasteiger partial charge in [-0.05, 0) is 49.9 Å². The van der Waals surface area contributed by atoms with E-state index in [1.54, 1.807) is 0 Å². The molecule has 1 aromatic rings. The van der Waals surface area contributed by atoms with Crippen LogP contribution in [-0.2, 0) is 16.0 Å². The van der Waals surface area contributed by atoms with E-state index in [0.717, 1.165) is 44.5 Å². The highest BCUT2D eigenvalue weighted by Gasteiger charge is 2.26. The van der Waals surface area contributed by atoms with E-state index >= 15 is 0 Å². The van der Waals surface area contributed by atoms with Gasteiger partial charge < -0.3 is 10.6 Å². The number of likely N-dealkylation sites (tertiary alicyclic amines) is 1. The number of piperidine rings is 1. The number of rotatable bonds is 10. The van der Waals surface area contributed by atoms with Crippen molar-refractivity contribution >= 4 is 17.5 Å². The number of aryl methyl sites for hydroxylation is 1. The molecule has 1 aliphatic heterocycles. The molecule has 0 radical (unpaired) electrons. The lowest BCUT2D eigenvalue weighted by molar-refractivity contribution is -0.127. The topological polar surface area (TPSA) is 61.4 Å². The van der Waals surface area contributed by atoms with Crippen LogP contribution in [-0.4, -0.2) is 42.9 Å². The number of hydrogen-bond acceptors (Lipinski definition) is 3. The Balaban J connectivity index is 1.72. The van der Waals surface area contributed by atoms with Gasteiger partial charge in [0.05, 0.1) is 12.5 Å². The highest BCUT2D eigenvalue weighted by atomic mass is 16.2. The van der Waals surface area contributed by atoms with Crippen molar-refractivity contribution in [3.8, 4) is 0 Å². The van der Waals surface area contributed by atoms with Gasteiger partial charge in [-0.2, -0.15) is 0 Å². The summed E-state index contributed by atoms with van der Waals surface area (Å²) in [6.07, 6.45) is 7.52. The van der Waals surface area contributed by atoms with E-state index < -0.39 is 0 Å². The average molecular weight is 374 g/mol. The minimum absolute atomic E-state index is 0.00145. The number of anilines is 1. The Hall–Kier alpha value is -1.88. The van der Waals surface area contributed by atoms with Gasteiger partial charge in [0.2, 0.25) is 11.8 Å². The van der Waals surface area contributed by atoms with Crippen LogP contribution in [0.5, 0.6) is 0 Å². The van der Waals surface area contributed by atoms with Crippen LogP contribution in [0.3, 0.4) is 0 Å². The Bertz CT molecular complexity index is 586. The SMILES string of the molecule is CCCCCCNC(=O)C1CCCN(CC(=O)Nc2ccc(CC)cc2)C1. The van der Waals surface area contributed by atoms with Gasteiger partial charge >= 0.3 is 0 Å². The third-order valence-electron chi connectivity index (χ3n) is 5.22. The molecule has 1 aliphatic rings. The summed E-state index contributed by atoms with van der Waals surface area (Å²) in [6, 6.07) is 7.97. The van der Waals surface area contributed by atoms with Crippen LogP contribution in [0.4, 0.5) is 5.69 Å². The van der Waals surface area contributed by atoms with Gasteiger partial charge in [-0.25, -0.2) is 0 Å². The first kappa shape index (κ1) is 21.4. The highest BCUT2D eigenvalue weighted by molar-refractivity contribution is 5.92. The summed E-state index contributed by atoms with van der Waals surface area (Å²) in [5, 5.41) is 6.03. The molecule has 1 fully saturated rings. The lowest BCUT2D eigenvalue weighted by Crippen LogP contribution is -2.45. The maximum Gasteiger partial charge on any atom is 0.238 e. The number of nitrogens with one attached hydrogen (secondary N) is 2. The van der Waals surface area contributed by atoms with Crippen molar-refractivity contribution in [3.63, 3.8) is 0 Å². The summed E-state index contributed by atoms with van der Waals surface area (Å²) < 4.78 is 0. The Labute approximate surface area is 163 Å². The predicted molar refractivity (Wildman–Crippen MR) is 111 cm³/mol. The smallest absolute Gasteiger partial charge is 0.238 e. The van der Waals surface area contributed by atoms with E-state index in [2.05, 4.69) is 29.4 Å². The third-order valence-corrected chi connectivity index (χ3v) is 5.22. The summed E-state index contributed by atoms with van der Waals surface area (Å²) in [4.78, 5) is 26.8. The van der Waals surface area contributed by atoms with Crippen molar-refractivity contribution in [2.24, 2.45) is 5.92 Å². The average Bonchev–Trinajstić information content (AvgIpc) is 2.68. The Kier molecular flexibility index (Phi) is 9.32.